The van der Waals surface area contributed by atoms with Gasteiger partial charge in [-0.1, -0.05) is 0 Å². The quantitative estimate of drug-likeness (QED) is 0.836. The van der Waals surface area contributed by atoms with Crippen molar-refractivity contribution in [3.8, 4) is 34.4 Å². The number of hydrogen-bond acceptors (Lipinski definition) is 4. The molecular formula is C17H14F3NO3. The Hall–Kier alpha value is -2.88. The second-order valence-electron chi connectivity index (χ2n) is 4.78. The molecule has 0 aromatic heterocycles. The fraction of sp³-hybridized carbons (Fsp3) is 0.235. The largest absolute Gasteiger partial charge is 0.493 e. The molecule has 0 spiro atoms. The van der Waals surface area contributed by atoms with Crippen LogP contribution in [-0.2, 0) is 6.18 Å². The van der Waals surface area contributed by atoms with Gasteiger partial charge in [0.15, 0.2) is 11.5 Å². The van der Waals surface area contributed by atoms with Gasteiger partial charge in [-0.05, 0) is 35.9 Å². The summed E-state index contributed by atoms with van der Waals surface area (Å²) in [6, 6.07) is 7.84. The molecule has 0 N–H and O–H groups in total. The van der Waals surface area contributed by atoms with Crippen molar-refractivity contribution in [2.24, 2.45) is 0 Å². The molecule has 0 aliphatic carbocycles. The minimum atomic E-state index is -4.51. The first-order valence-corrected chi connectivity index (χ1v) is 6.77. The zero-order valence-corrected chi connectivity index (χ0v) is 13.2. The summed E-state index contributed by atoms with van der Waals surface area (Å²) in [6.07, 6.45) is -4.51. The van der Waals surface area contributed by atoms with Crippen LogP contribution in [-0.4, -0.2) is 21.3 Å². The molecule has 0 aliphatic rings. The van der Waals surface area contributed by atoms with Gasteiger partial charge in [0.25, 0.3) is 0 Å². The van der Waals surface area contributed by atoms with Crippen LogP contribution in [0.4, 0.5) is 13.2 Å². The molecule has 24 heavy (non-hydrogen) atoms. The molecule has 7 heteroatoms. The molecule has 0 radical (unpaired) electrons. The molecule has 0 amide bonds. The lowest BCUT2D eigenvalue weighted by Gasteiger charge is -2.16. The maximum atomic E-state index is 13.0. The van der Waals surface area contributed by atoms with Crippen molar-refractivity contribution >= 4 is 0 Å². The lowest BCUT2D eigenvalue weighted by Crippen LogP contribution is -2.05. The molecule has 0 heterocycles. The van der Waals surface area contributed by atoms with E-state index in [-0.39, 0.29) is 22.6 Å². The van der Waals surface area contributed by atoms with E-state index in [1.54, 1.807) is 0 Å². The van der Waals surface area contributed by atoms with Gasteiger partial charge in [-0.25, -0.2) is 0 Å². The Morgan fingerprint density at radius 3 is 1.92 bits per heavy atom. The first-order valence-electron chi connectivity index (χ1n) is 6.77. The van der Waals surface area contributed by atoms with Crippen LogP contribution in [0.5, 0.6) is 17.2 Å². The highest BCUT2D eigenvalue weighted by Gasteiger charge is 2.31. The predicted molar refractivity (Wildman–Crippen MR) is 81.3 cm³/mol. The Morgan fingerprint density at radius 2 is 1.50 bits per heavy atom. The van der Waals surface area contributed by atoms with Crippen molar-refractivity contribution in [2.45, 2.75) is 6.18 Å². The van der Waals surface area contributed by atoms with Crippen LogP contribution in [0.15, 0.2) is 30.3 Å². The predicted octanol–water partition coefficient (Wildman–Crippen LogP) is 4.27. The molecule has 0 saturated heterocycles. The van der Waals surface area contributed by atoms with Gasteiger partial charge in [-0.3, -0.25) is 0 Å². The lowest BCUT2D eigenvalue weighted by atomic mass is 9.97. The molecule has 0 atom stereocenters. The molecule has 4 nitrogen and oxygen atoms in total. The summed E-state index contributed by atoms with van der Waals surface area (Å²) in [4.78, 5) is 0. The van der Waals surface area contributed by atoms with Crippen LogP contribution in [0.1, 0.15) is 11.1 Å². The van der Waals surface area contributed by atoms with Gasteiger partial charge in [-0.15, -0.1) is 0 Å². The lowest BCUT2D eigenvalue weighted by molar-refractivity contribution is -0.137. The Bertz CT molecular complexity index is 770. The summed E-state index contributed by atoms with van der Waals surface area (Å²) in [5.41, 5.74) is -0.249. The Kier molecular flexibility index (Phi) is 4.88. The van der Waals surface area contributed by atoms with Crippen LogP contribution in [0.2, 0.25) is 0 Å². The van der Waals surface area contributed by atoms with Gasteiger partial charge in [0.2, 0.25) is 5.75 Å². The first-order chi connectivity index (χ1) is 11.3. The number of nitrogens with zero attached hydrogens (tertiary/aromatic N) is 1. The van der Waals surface area contributed by atoms with Gasteiger partial charge in [0, 0.05) is 5.56 Å². The third kappa shape index (κ3) is 3.23. The van der Waals surface area contributed by atoms with E-state index in [9.17, 15) is 18.4 Å². The number of methoxy groups -OCH3 is 3. The topological polar surface area (TPSA) is 51.5 Å². The molecule has 126 valence electrons. The number of hydrogen-bond donors (Lipinski definition) is 0. The zero-order valence-electron chi connectivity index (χ0n) is 13.2. The van der Waals surface area contributed by atoms with E-state index >= 15 is 0 Å². The zero-order chi connectivity index (χ0) is 17.9. The Labute approximate surface area is 137 Å². The van der Waals surface area contributed by atoms with Crippen LogP contribution in [0, 0.1) is 11.3 Å². The highest BCUT2D eigenvalue weighted by Crippen LogP contribution is 2.42. The van der Waals surface area contributed by atoms with Crippen LogP contribution < -0.4 is 14.2 Å². The molecule has 2 aromatic carbocycles. The van der Waals surface area contributed by atoms with Gasteiger partial charge in [0.1, 0.15) is 0 Å². The Balaban J connectivity index is 2.73. The van der Waals surface area contributed by atoms with E-state index in [1.165, 1.54) is 33.5 Å². The molecule has 0 aliphatic heterocycles. The molecule has 2 aromatic rings. The van der Waals surface area contributed by atoms with Crippen molar-refractivity contribution in [1.82, 2.24) is 0 Å². The molecule has 0 bridgehead atoms. The SMILES string of the molecule is COc1cc(-c2cc(C(F)(F)F)ccc2C#N)cc(OC)c1OC. The maximum Gasteiger partial charge on any atom is 0.416 e. The van der Waals surface area contributed by atoms with E-state index in [1.807, 2.05) is 6.07 Å². The highest BCUT2D eigenvalue weighted by molar-refractivity contribution is 5.76. The first kappa shape index (κ1) is 17.5. The van der Waals surface area contributed by atoms with Crippen molar-refractivity contribution in [3.05, 3.63) is 41.5 Å². The monoisotopic (exact) mass is 337 g/mol. The number of nitriles is 1. The molecule has 0 unspecified atom stereocenters. The molecule has 2 rings (SSSR count). The number of rotatable bonds is 4. The smallest absolute Gasteiger partial charge is 0.416 e. The molecule has 0 fully saturated rings. The third-order valence-electron chi connectivity index (χ3n) is 3.44. The van der Waals surface area contributed by atoms with E-state index in [0.717, 1.165) is 18.2 Å². The summed E-state index contributed by atoms with van der Waals surface area (Å²) in [5, 5.41) is 9.21. The van der Waals surface area contributed by atoms with Gasteiger partial charge < -0.3 is 14.2 Å². The third-order valence-corrected chi connectivity index (χ3v) is 3.44. The average Bonchev–Trinajstić information content (AvgIpc) is 2.58. The van der Waals surface area contributed by atoms with Crippen molar-refractivity contribution < 1.29 is 27.4 Å². The summed E-state index contributed by atoms with van der Waals surface area (Å²) < 4.78 is 54.5. The van der Waals surface area contributed by atoms with Crippen LogP contribution in [0.25, 0.3) is 11.1 Å². The van der Waals surface area contributed by atoms with Crippen molar-refractivity contribution in [2.75, 3.05) is 21.3 Å². The number of halogens is 3. The standard InChI is InChI=1S/C17H14F3NO3/c1-22-14-6-11(7-15(23-2)16(14)24-3)13-8-12(17(18,19)20)5-4-10(13)9-21/h4-8H,1-3H3. The van der Waals surface area contributed by atoms with Gasteiger partial charge >= 0.3 is 6.18 Å². The Morgan fingerprint density at radius 1 is 0.917 bits per heavy atom. The highest BCUT2D eigenvalue weighted by atomic mass is 19.4. The molecule has 0 saturated carbocycles. The second kappa shape index (κ2) is 6.71. The van der Waals surface area contributed by atoms with Gasteiger partial charge in [-0.2, -0.15) is 18.4 Å². The fourth-order valence-corrected chi connectivity index (χ4v) is 2.29. The average molecular weight is 337 g/mol. The minimum Gasteiger partial charge on any atom is -0.493 e. The number of benzene rings is 2. The summed E-state index contributed by atoms with van der Waals surface area (Å²) in [6.45, 7) is 0. The summed E-state index contributed by atoms with van der Waals surface area (Å²) >= 11 is 0. The van der Waals surface area contributed by atoms with Crippen LogP contribution in [0.3, 0.4) is 0 Å². The normalized spacial score (nSPS) is 10.9. The fourth-order valence-electron chi connectivity index (χ4n) is 2.29. The van der Waals surface area contributed by atoms with Crippen LogP contribution >= 0.6 is 0 Å². The summed E-state index contributed by atoms with van der Waals surface area (Å²) in [7, 11) is 4.22. The number of alkyl halides is 3. The van der Waals surface area contributed by atoms with Crippen molar-refractivity contribution in [3.63, 3.8) is 0 Å². The number of ether oxygens (including phenoxy) is 3. The summed E-state index contributed by atoms with van der Waals surface area (Å²) in [5.74, 6) is 0.885. The second-order valence-corrected chi connectivity index (χ2v) is 4.78. The van der Waals surface area contributed by atoms with Gasteiger partial charge in [0.05, 0.1) is 38.5 Å². The van der Waals surface area contributed by atoms with E-state index in [2.05, 4.69) is 0 Å². The molecular weight excluding hydrogens is 323 g/mol. The van der Waals surface area contributed by atoms with E-state index in [0.29, 0.717) is 11.3 Å². The minimum absolute atomic E-state index is 0.109. The van der Waals surface area contributed by atoms with Crippen molar-refractivity contribution in [1.29, 1.82) is 5.26 Å². The van der Waals surface area contributed by atoms with E-state index < -0.39 is 11.7 Å². The van der Waals surface area contributed by atoms with E-state index in [4.69, 9.17) is 14.2 Å². The maximum absolute atomic E-state index is 13.0.